The molecule has 5 nitrogen and oxygen atoms in total. The number of piperidine rings is 1. The van der Waals surface area contributed by atoms with Gasteiger partial charge in [0.05, 0.1) is 6.61 Å². The van der Waals surface area contributed by atoms with Crippen LogP contribution < -0.4 is 10.1 Å². The maximum absolute atomic E-state index is 10.6. The SMILES string of the molecule is CCOc1ccc(C2=NC3(CCN(C(C)C)CC3)NC(c3cc(Cl)ccc3O)C2)cc1. The topological polar surface area (TPSA) is 57.1 Å². The first-order valence-corrected chi connectivity index (χ1v) is 11.6. The minimum Gasteiger partial charge on any atom is -0.508 e. The summed E-state index contributed by atoms with van der Waals surface area (Å²) in [5.74, 6) is 1.13. The van der Waals surface area contributed by atoms with Crippen LogP contribution >= 0.6 is 11.6 Å². The number of hydrogen-bond donors (Lipinski definition) is 2. The molecule has 1 unspecified atom stereocenters. The molecule has 1 spiro atoms. The van der Waals surface area contributed by atoms with E-state index < -0.39 is 0 Å². The third-order valence-corrected chi connectivity index (χ3v) is 6.64. The van der Waals surface area contributed by atoms with Crippen LogP contribution in [0.3, 0.4) is 0 Å². The molecule has 0 aromatic heterocycles. The molecule has 2 aromatic carbocycles. The van der Waals surface area contributed by atoms with Crippen LogP contribution in [0.4, 0.5) is 0 Å². The number of aromatic hydroxyl groups is 1. The molecule has 0 aliphatic carbocycles. The van der Waals surface area contributed by atoms with Crippen molar-refractivity contribution in [3.63, 3.8) is 0 Å². The average molecular weight is 442 g/mol. The minimum atomic E-state index is -0.336. The first kappa shape index (κ1) is 22.1. The van der Waals surface area contributed by atoms with Crippen molar-refractivity contribution in [3.05, 3.63) is 58.6 Å². The first-order valence-electron chi connectivity index (χ1n) is 11.2. The van der Waals surface area contributed by atoms with E-state index >= 15 is 0 Å². The monoisotopic (exact) mass is 441 g/mol. The van der Waals surface area contributed by atoms with Crippen molar-refractivity contribution in [2.24, 2.45) is 4.99 Å². The molecule has 2 aliphatic rings. The Bertz CT molecular complexity index is 934. The summed E-state index contributed by atoms with van der Waals surface area (Å²) in [6.07, 6.45) is 2.56. The second kappa shape index (κ2) is 9.19. The summed E-state index contributed by atoms with van der Waals surface area (Å²) < 4.78 is 5.61. The summed E-state index contributed by atoms with van der Waals surface area (Å²) in [6.45, 7) is 9.12. The molecule has 1 saturated heterocycles. The van der Waals surface area contributed by atoms with E-state index in [-0.39, 0.29) is 17.5 Å². The van der Waals surface area contributed by atoms with Crippen molar-refractivity contribution in [2.75, 3.05) is 19.7 Å². The lowest BCUT2D eigenvalue weighted by atomic mass is 9.87. The molecule has 6 heteroatoms. The number of aliphatic imine (C=N–C) groups is 1. The summed E-state index contributed by atoms with van der Waals surface area (Å²) in [5.41, 5.74) is 2.65. The molecule has 1 atom stereocenters. The number of likely N-dealkylation sites (tertiary alicyclic amines) is 1. The summed E-state index contributed by atoms with van der Waals surface area (Å²) in [5, 5.41) is 15.0. The molecule has 166 valence electrons. The van der Waals surface area contributed by atoms with Crippen molar-refractivity contribution in [1.82, 2.24) is 10.2 Å². The van der Waals surface area contributed by atoms with E-state index in [9.17, 15) is 5.11 Å². The lowest BCUT2D eigenvalue weighted by molar-refractivity contribution is 0.103. The number of phenolic OH excluding ortho intramolecular Hbond substituents is 1. The van der Waals surface area contributed by atoms with Crippen molar-refractivity contribution in [1.29, 1.82) is 0 Å². The molecule has 0 saturated carbocycles. The highest BCUT2D eigenvalue weighted by molar-refractivity contribution is 6.30. The van der Waals surface area contributed by atoms with E-state index in [4.69, 9.17) is 21.3 Å². The van der Waals surface area contributed by atoms with Gasteiger partial charge in [-0.3, -0.25) is 10.3 Å². The number of ether oxygens (including phenoxy) is 1. The van der Waals surface area contributed by atoms with Crippen LogP contribution in [0.1, 0.15) is 57.2 Å². The Morgan fingerprint density at radius 2 is 1.90 bits per heavy atom. The van der Waals surface area contributed by atoms with Crippen molar-refractivity contribution in [2.45, 2.75) is 57.8 Å². The standard InChI is InChI=1S/C25H32ClN3O2/c1-4-31-20-8-5-18(6-9-20)22-16-23(21-15-19(26)7-10-24(21)30)28-25(27-22)11-13-29(14-12-25)17(2)3/h5-10,15,17,23,28,30H,4,11-14,16H2,1-3H3. The molecule has 2 heterocycles. The van der Waals surface area contributed by atoms with Crippen LogP contribution in [-0.2, 0) is 0 Å². The van der Waals surface area contributed by atoms with Gasteiger partial charge in [-0.25, -0.2) is 0 Å². The molecule has 2 N–H and O–H groups in total. The lowest BCUT2D eigenvalue weighted by Crippen LogP contribution is -2.56. The zero-order valence-electron chi connectivity index (χ0n) is 18.6. The van der Waals surface area contributed by atoms with Crippen molar-refractivity contribution < 1.29 is 9.84 Å². The molecular weight excluding hydrogens is 410 g/mol. The van der Waals surface area contributed by atoms with E-state index in [0.29, 0.717) is 24.1 Å². The van der Waals surface area contributed by atoms with Gasteiger partial charge in [0.1, 0.15) is 17.2 Å². The van der Waals surface area contributed by atoms with Crippen LogP contribution in [0.25, 0.3) is 0 Å². The smallest absolute Gasteiger partial charge is 0.120 e. The van der Waals surface area contributed by atoms with Gasteiger partial charge >= 0.3 is 0 Å². The number of hydrogen-bond acceptors (Lipinski definition) is 5. The van der Waals surface area contributed by atoms with Gasteiger partial charge in [0, 0.05) is 47.9 Å². The molecule has 4 rings (SSSR count). The van der Waals surface area contributed by atoms with Crippen LogP contribution in [0.2, 0.25) is 5.02 Å². The quantitative estimate of drug-likeness (QED) is 0.672. The van der Waals surface area contributed by atoms with Crippen molar-refractivity contribution in [3.8, 4) is 11.5 Å². The fourth-order valence-electron chi connectivity index (χ4n) is 4.66. The first-order chi connectivity index (χ1) is 14.9. The van der Waals surface area contributed by atoms with Crippen LogP contribution in [0.15, 0.2) is 47.5 Å². The van der Waals surface area contributed by atoms with E-state index in [0.717, 1.165) is 48.5 Å². The average Bonchev–Trinajstić information content (AvgIpc) is 2.76. The highest BCUT2D eigenvalue weighted by Gasteiger charge is 2.41. The maximum atomic E-state index is 10.6. The summed E-state index contributed by atoms with van der Waals surface area (Å²) in [4.78, 5) is 7.76. The highest BCUT2D eigenvalue weighted by atomic mass is 35.5. The van der Waals surface area contributed by atoms with Crippen LogP contribution in [-0.4, -0.2) is 47.1 Å². The molecule has 0 bridgehead atoms. The van der Waals surface area contributed by atoms with Gasteiger partial charge in [-0.15, -0.1) is 0 Å². The largest absolute Gasteiger partial charge is 0.508 e. The van der Waals surface area contributed by atoms with Gasteiger partial charge in [0.25, 0.3) is 0 Å². The van der Waals surface area contributed by atoms with Gasteiger partial charge in [-0.1, -0.05) is 11.6 Å². The summed E-state index contributed by atoms with van der Waals surface area (Å²) >= 11 is 6.28. The number of nitrogens with one attached hydrogen (secondary N) is 1. The predicted octanol–water partition coefficient (Wildman–Crippen LogP) is 5.17. The third kappa shape index (κ3) is 4.89. The second-order valence-corrected chi connectivity index (χ2v) is 9.22. The summed E-state index contributed by atoms with van der Waals surface area (Å²) in [6, 6.07) is 13.9. The molecule has 2 aromatic rings. The minimum absolute atomic E-state index is 0.0524. The Balaban J connectivity index is 1.68. The fraction of sp³-hybridized carbons (Fsp3) is 0.480. The van der Waals surface area contributed by atoms with Gasteiger partial charge in [0.15, 0.2) is 0 Å². The second-order valence-electron chi connectivity index (χ2n) is 8.78. The van der Waals surface area contributed by atoms with Crippen LogP contribution in [0, 0.1) is 0 Å². The molecular formula is C25H32ClN3O2. The number of rotatable bonds is 5. The zero-order valence-corrected chi connectivity index (χ0v) is 19.3. The molecule has 31 heavy (non-hydrogen) atoms. The van der Waals surface area contributed by atoms with E-state index in [1.807, 2.05) is 25.1 Å². The Kier molecular flexibility index (Phi) is 6.56. The normalized spacial score (nSPS) is 21.3. The maximum Gasteiger partial charge on any atom is 0.120 e. The van der Waals surface area contributed by atoms with E-state index in [2.05, 4.69) is 36.2 Å². The highest BCUT2D eigenvalue weighted by Crippen LogP contribution is 2.38. The van der Waals surface area contributed by atoms with Crippen molar-refractivity contribution >= 4 is 17.3 Å². The Morgan fingerprint density at radius 1 is 1.19 bits per heavy atom. The molecule has 0 radical (unpaired) electrons. The van der Waals surface area contributed by atoms with E-state index in [1.54, 1.807) is 12.1 Å². The van der Waals surface area contributed by atoms with Gasteiger partial charge in [-0.2, -0.15) is 0 Å². The molecule has 1 fully saturated rings. The van der Waals surface area contributed by atoms with Gasteiger partial charge in [0.2, 0.25) is 0 Å². The van der Waals surface area contributed by atoms with E-state index in [1.165, 1.54) is 0 Å². The lowest BCUT2D eigenvalue weighted by Gasteiger charge is -2.46. The Hall–Kier alpha value is -2.08. The van der Waals surface area contributed by atoms with Crippen LogP contribution in [0.5, 0.6) is 11.5 Å². The zero-order chi connectivity index (χ0) is 22.0. The van der Waals surface area contributed by atoms with Gasteiger partial charge in [-0.05, 0) is 81.6 Å². The predicted molar refractivity (Wildman–Crippen MR) is 126 cm³/mol. The third-order valence-electron chi connectivity index (χ3n) is 6.41. The molecule has 2 aliphatic heterocycles. The number of benzene rings is 2. The Morgan fingerprint density at radius 3 is 2.55 bits per heavy atom. The fourth-order valence-corrected chi connectivity index (χ4v) is 4.84. The number of phenols is 1. The number of nitrogens with zero attached hydrogens (tertiary/aromatic N) is 2. The van der Waals surface area contributed by atoms with Gasteiger partial charge < -0.3 is 14.7 Å². The summed E-state index contributed by atoms with van der Waals surface area (Å²) in [7, 11) is 0. The Labute approximate surface area is 190 Å². The number of halogens is 1. The molecule has 0 amide bonds.